The summed E-state index contributed by atoms with van der Waals surface area (Å²) in [5.41, 5.74) is 1.78. The lowest BCUT2D eigenvalue weighted by atomic mass is 10.1. The van der Waals surface area contributed by atoms with Gasteiger partial charge in [-0.05, 0) is 25.0 Å². The topological polar surface area (TPSA) is 52.4 Å². The van der Waals surface area contributed by atoms with Gasteiger partial charge in [0, 0.05) is 18.7 Å². The van der Waals surface area contributed by atoms with Crippen LogP contribution in [-0.2, 0) is 11.2 Å². The van der Waals surface area contributed by atoms with E-state index >= 15 is 0 Å². The van der Waals surface area contributed by atoms with Crippen molar-refractivity contribution in [3.63, 3.8) is 0 Å². The molecule has 16 heavy (non-hydrogen) atoms. The van der Waals surface area contributed by atoms with Crippen LogP contribution in [-0.4, -0.2) is 24.0 Å². The predicted octanol–water partition coefficient (Wildman–Crippen LogP) is 2.70. The van der Waals surface area contributed by atoms with Gasteiger partial charge in [-0.15, -0.1) is 11.6 Å². The molecule has 0 fully saturated rings. The highest BCUT2D eigenvalue weighted by molar-refractivity contribution is 6.20. The van der Waals surface area contributed by atoms with Crippen LogP contribution in [0.2, 0.25) is 0 Å². The first-order valence-corrected chi connectivity index (χ1v) is 5.35. The third-order valence-electron chi connectivity index (χ3n) is 2.26. The zero-order valence-corrected chi connectivity index (χ0v) is 10.0. The molecule has 0 spiro atoms. The zero-order valence-electron chi connectivity index (χ0n) is 9.27. The van der Waals surface area contributed by atoms with E-state index in [9.17, 15) is 10.1 Å². The van der Waals surface area contributed by atoms with E-state index in [-0.39, 0.29) is 16.0 Å². The average molecular weight is 244 g/mol. The van der Waals surface area contributed by atoms with Crippen molar-refractivity contribution in [2.24, 2.45) is 0 Å². The number of rotatable bonds is 5. The molecule has 0 saturated carbocycles. The number of nitro groups is 1. The van der Waals surface area contributed by atoms with Gasteiger partial charge in [-0.25, -0.2) is 0 Å². The molecule has 0 saturated heterocycles. The van der Waals surface area contributed by atoms with Crippen LogP contribution in [0.3, 0.4) is 0 Å². The molecule has 4 nitrogen and oxygen atoms in total. The quantitative estimate of drug-likeness (QED) is 0.454. The van der Waals surface area contributed by atoms with Crippen molar-refractivity contribution < 1.29 is 9.66 Å². The highest BCUT2D eigenvalue weighted by atomic mass is 35.5. The van der Waals surface area contributed by atoms with Gasteiger partial charge in [-0.3, -0.25) is 10.1 Å². The molecule has 0 aliphatic rings. The molecule has 0 aliphatic carbocycles. The number of hydrogen-bond acceptors (Lipinski definition) is 3. The Morgan fingerprint density at radius 1 is 1.56 bits per heavy atom. The largest absolute Gasteiger partial charge is 0.383 e. The third-order valence-corrected chi connectivity index (χ3v) is 2.54. The van der Waals surface area contributed by atoms with E-state index in [0.29, 0.717) is 18.6 Å². The van der Waals surface area contributed by atoms with E-state index in [1.807, 2.05) is 0 Å². The molecule has 1 atom stereocenters. The maximum absolute atomic E-state index is 10.6. The highest BCUT2D eigenvalue weighted by Crippen LogP contribution is 2.20. The molecule has 0 aromatic heterocycles. The van der Waals surface area contributed by atoms with Gasteiger partial charge in [0.15, 0.2) is 0 Å². The lowest BCUT2D eigenvalue weighted by molar-refractivity contribution is -0.385. The van der Waals surface area contributed by atoms with E-state index < -0.39 is 0 Å². The minimum absolute atomic E-state index is 0.106. The molecule has 0 amide bonds. The highest BCUT2D eigenvalue weighted by Gasteiger charge is 2.12. The molecule has 0 radical (unpaired) electrons. The number of halogens is 1. The Kier molecular flexibility index (Phi) is 4.71. The van der Waals surface area contributed by atoms with Gasteiger partial charge in [0.25, 0.3) is 5.69 Å². The summed E-state index contributed by atoms with van der Waals surface area (Å²) >= 11 is 6.01. The van der Waals surface area contributed by atoms with Crippen molar-refractivity contribution in [2.45, 2.75) is 18.7 Å². The van der Waals surface area contributed by atoms with Crippen molar-refractivity contribution in [1.82, 2.24) is 0 Å². The second-order valence-corrected chi connectivity index (χ2v) is 4.25. The van der Waals surface area contributed by atoms with Gasteiger partial charge in [-0.1, -0.05) is 6.07 Å². The first-order valence-electron chi connectivity index (χ1n) is 4.91. The Bertz CT molecular complexity index is 381. The van der Waals surface area contributed by atoms with E-state index in [4.69, 9.17) is 16.3 Å². The molecular weight excluding hydrogens is 230 g/mol. The number of hydrogen-bond donors (Lipinski definition) is 0. The SMILES string of the molecule is COCC(Cl)Cc1ccc([N+](=O)[O-])c(C)c1. The molecule has 88 valence electrons. The van der Waals surface area contributed by atoms with Gasteiger partial charge in [0.05, 0.1) is 16.9 Å². The van der Waals surface area contributed by atoms with E-state index in [1.54, 1.807) is 26.2 Å². The van der Waals surface area contributed by atoms with E-state index in [0.717, 1.165) is 5.56 Å². The summed E-state index contributed by atoms with van der Waals surface area (Å²) in [6, 6.07) is 5.04. The molecule has 5 heteroatoms. The fraction of sp³-hybridized carbons (Fsp3) is 0.455. The summed E-state index contributed by atoms with van der Waals surface area (Å²) < 4.78 is 4.93. The van der Waals surface area contributed by atoms with Crippen LogP contribution < -0.4 is 0 Å². The smallest absolute Gasteiger partial charge is 0.272 e. The zero-order chi connectivity index (χ0) is 12.1. The normalized spacial score (nSPS) is 12.4. The second kappa shape index (κ2) is 5.82. The second-order valence-electron chi connectivity index (χ2n) is 3.63. The van der Waals surface area contributed by atoms with E-state index in [1.165, 1.54) is 6.07 Å². The van der Waals surface area contributed by atoms with Gasteiger partial charge >= 0.3 is 0 Å². The van der Waals surface area contributed by atoms with Crippen molar-refractivity contribution in [3.05, 3.63) is 39.4 Å². The molecule has 0 aliphatic heterocycles. The number of ether oxygens (including phenoxy) is 1. The van der Waals surface area contributed by atoms with Crippen molar-refractivity contribution in [2.75, 3.05) is 13.7 Å². The van der Waals surface area contributed by atoms with Crippen LogP contribution in [0.1, 0.15) is 11.1 Å². The molecular formula is C11H14ClNO3. The van der Waals surface area contributed by atoms with Crippen molar-refractivity contribution >= 4 is 17.3 Å². The summed E-state index contributed by atoms with van der Waals surface area (Å²) in [7, 11) is 1.59. The van der Waals surface area contributed by atoms with Gasteiger partial charge < -0.3 is 4.74 Å². The average Bonchev–Trinajstić information content (AvgIpc) is 2.17. The summed E-state index contributed by atoms with van der Waals surface area (Å²) in [6.07, 6.45) is 0.647. The monoisotopic (exact) mass is 243 g/mol. The van der Waals surface area contributed by atoms with Crippen LogP contribution in [0.25, 0.3) is 0 Å². The number of nitro benzene ring substituents is 1. The molecule has 1 aromatic carbocycles. The predicted molar refractivity (Wildman–Crippen MR) is 63.1 cm³/mol. The molecule has 1 rings (SSSR count). The summed E-state index contributed by atoms with van der Waals surface area (Å²) in [5.74, 6) is 0. The number of aryl methyl sites for hydroxylation is 1. The van der Waals surface area contributed by atoms with Crippen molar-refractivity contribution in [1.29, 1.82) is 0 Å². The minimum Gasteiger partial charge on any atom is -0.383 e. The van der Waals surface area contributed by atoms with Crippen LogP contribution in [0.5, 0.6) is 0 Å². The number of alkyl halides is 1. The molecule has 1 unspecified atom stereocenters. The summed E-state index contributed by atoms with van der Waals surface area (Å²) in [5, 5.41) is 10.5. The minimum atomic E-state index is -0.382. The molecule has 0 N–H and O–H groups in total. The summed E-state index contributed by atoms with van der Waals surface area (Å²) in [4.78, 5) is 10.2. The number of nitrogens with zero attached hydrogens (tertiary/aromatic N) is 1. The summed E-state index contributed by atoms with van der Waals surface area (Å²) in [6.45, 7) is 2.19. The van der Waals surface area contributed by atoms with Gasteiger partial charge in [0.1, 0.15) is 0 Å². The maximum atomic E-state index is 10.6. The van der Waals surface area contributed by atoms with Crippen LogP contribution in [0.15, 0.2) is 18.2 Å². The van der Waals surface area contributed by atoms with Crippen LogP contribution in [0.4, 0.5) is 5.69 Å². The van der Waals surface area contributed by atoms with Crippen LogP contribution in [0, 0.1) is 17.0 Å². The Hall–Kier alpha value is -1.13. The Balaban J connectivity index is 2.77. The standard InChI is InChI=1S/C11H14ClNO3/c1-8-5-9(6-10(12)7-16-2)3-4-11(8)13(14)15/h3-5,10H,6-7H2,1-2H3. The first kappa shape index (κ1) is 12.9. The molecule has 1 aromatic rings. The number of benzene rings is 1. The fourth-order valence-electron chi connectivity index (χ4n) is 1.54. The third kappa shape index (κ3) is 3.47. The lowest BCUT2D eigenvalue weighted by Gasteiger charge is -2.08. The first-order chi connectivity index (χ1) is 7.54. The van der Waals surface area contributed by atoms with E-state index in [2.05, 4.69) is 0 Å². The van der Waals surface area contributed by atoms with Crippen molar-refractivity contribution in [3.8, 4) is 0 Å². The maximum Gasteiger partial charge on any atom is 0.272 e. The number of methoxy groups -OCH3 is 1. The molecule has 0 bridgehead atoms. The Morgan fingerprint density at radius 2 is 2.25 bits per heavy atom. The Morgan fingerprint density at radius 3 is 2.75 bits per heavy atom. The van der Waals surface area contributed by atoms with Crippen LogP contribution >= 0.6 is 11.6 Å². The Labute approximate surface area is 99.3 Å². The molecule has 0 heterocycles. The van der Waals surface area contributed by atoms with Gasteiger partial charge in [-0.2, -0.15) is 0 Å². The fourth-order valence-corrected chi connectivity index (χ4v) is 1.85. The van der Waals surface area contributed by atoms with Gasteiger partial charge in [0.2, 0.25) is 0 Å². The lowest BCUT2D eigenvalue weighted by Crippen LogP contribution is -2.10.